The van der Waals surface area contributed by atoms with Crippen LogP contribution in [0.1, 0.15) is 33.4 Å². The van der Waals surface area contributed by atoms with Crippen LogP contribution in [-0.2, 0) is 6.18 Å². The third kappa shape index (κ3) is 4.07. The lowest BCUT2D eigenvalue weighted by molar-refractivity contribution is -0.137. The summed E-state index contributed by atoms with van der Waals surface area (Å²) < 4.78 is 43.3. The van der Waals surface area contributed by atoms with E-state index in [4.69, 9.17) is 0 Å². The molecule has 0 amide bonds. The number of fused-ring (bicyclic) bond motifs is 3. The lowest BCUT2D eigenvalue weighted by Crippen LogP contribution is -2.08. The molecule has 0 radical (unpaired) electrons. The molecule has 0 atom stereocenters. The summed E-state index contributed by atoms with van der Waals surface area (Å²) in [5.41, 5.74) is 6.96. The number of aromatic nitrogens is 1. The highest BCUT2D eigenvalue weighted by Crippen LogP contribution is 2.43. The monoisotopic (exact) mass is 469 g/mol. The van der Waals surface area contributed by atoms with Crippen LogP contribution in [0.25, 0.3) is 43.9 Å². The van der Waals surface area contributed by atoms with Crippen molar-refractivity contribution in [3.05, 3.63) is 100 Å². The van der Waals surface area contributed by atoms with Crippen LogP contribution in [-0.4, -0.2) is 4.98 Å². The number of benzene rings is 4. The van der Waals surface area contributed by atoms with E-state index >= 15 is 0 Å². The molecule has 0 saturated carbocycles. The lowest BCUT2D eigenvalue weighted by Gasteiger charge is -2.19. The number of pyridine rings is 1. The van der Waals surface area contributed by atoms with E-state index in [2.05, 4.69) is 23.2 Å². The molecule has 4 heteroatoms. The van der Waals surface area contributed by atoms with E-state index in [1.165, 1.54) is 6.07 Å². The molecule has 35 heavy (non-hydrogen) atoms. The summed E-state index contributed by atoms with van der Waals surface area (Å²) in [6, 6.07) is 18.8. The van der Waals surface area contributed by atoms with Crippen molar-refractivity contribution in [2.75, 3.05) is 0 Å². The molecule has 1 nitrogen and oxygen atoms in total. The molecular weight excluding hydrogens is 443 g/mol. The average Bonchev–Trinajstić information content (AvgIpc) is 2.76. The first-order valence-electron chi connectivity index (χ1n) is 11.6. The summed E-state index contributed by atoms with van der Waals surface area (Å²) in [5, 5.41) is 2.96. The standard InChI is InChI=1S/C31H26F3N/c1-17-10-18(2)14-23(13-17)30-25-7-6-22-15-27(29-20(4)11-19(3)12-21(29)5)28(31(32,33)34)16-26(22)24(25)8-9-35-30/h6-16H,1-5H3. The van der Waals surface area contributed by atoms with Crippen molar-refractivity contribution in [1.29, 1.82) is 0 Å². The minimum Gasteiger partial charge on any atom is -0.256 e. The molecule has 0 saturated heterocycles. The van der Waals surface area contributed by atoms with E-state index in [1.807, 2.05) is 65.0 Å². The number of alkyl halides is 3. The summed E-state index contributed by atoms with van der Waals surface area (Å²) >= 11 is 0. The number of hydrogen-bond acceptors (Lipinski definition) is 1. The van der Waals surface area contributed by atoms with Crippen molar-refractivity contribution < 1.29 is 13.2 Å². The normalized spacial score (nSPS) is 12.0. The number of nitrogens with zero attached hydrogens (tertiary/aromatic N) is 1. The zero-order valence-electron chi connectivity index (χ0n) is 20.4. The van der Waals surface area contributed by atoms with Crippen LogP contribution in [0.15, 0.2) is 66.9 Å². The molecule has 0 unspecified atom stereocenters. The van der Waals surface area contributed by atoms with Gasteiger partial charge in [0.15, 0.2) is 0 Å². The number of aryl methyl sites for hydroxylation is 5. The fourth-order valence-electron chi connectivity index (χ4n) is 5.43. The first-order valence-corrected chi connectivity index (χ1v) is 11.6. The Bertz CT molecular complexity index is 1580. The van der Waals surface area contributed by atoms with E-state index in [-0.39, 0.29) is 5.56 Å². The largest absolute Gasteiger partial charge is 0.417 e. The van der Waals surface area contributed by atoms with Gasteiger partial charge in [0.25, 0.3) is 0 Å². The first-order chi connectivity index (χ1) is 16.5. The lowest BCUT2D eigenvalue weighted by atomic mass is 9.87. The summed E-state index contributed by atoms with van der Waals surface area (Å²) in [7, 11) is 0. The summed E-state index contributed by atoms with van der Waals surface area (Å²) in [6.45, 7) is 9.78. The Kier molecular flexibility index (Phi) is 5.43. The van der Waals surface area contributed by atoms with E-state index in [9.17, 15) is 13.2 Å². The molecule has 0 bridgehead atoms. The molecule has 1 heterocycles. The van der Waals surface area contributed by atoms with Gasteiger partial charge in [-0.1, -0.05) is 47.0 Å². The summed E-state index contributed by atoms with van der Waals surface area (Å²) in [4.78, 5) is 4.61. The van der Waals surface area contributed by atoms with Crippen molar-refractivity contribution in [3.63, 3.8) is 0 Å². The zero-order valence-corrected chi connectivity index (χ0v) is 20.4. The number of halogens is 3. The van der Waals surface area contributed by atoms with Gasteiger partial charge in [-0.3, -0.25) is 4.98 Å². The van der Waals surface area contributed by atoms with Crippen LogP contribution < -0.4 is 0 Å². The number of rotatable bonds is 2. The minimum absolute atomic E-state index is 0.225. The van der Waals surface area contributed by atoms with Gasteiger partial charge in [0.1, 0.15) is 0 Å². The minimum atomic E-state index is -4.49. The first kappa shape index (κ1) is 23.1. The van der Waals surface area contributed by atoms with Crippen molar-refractivity contribution in [2.24, 2.45) is 0 Å². The molecule has 5 aromatic rings. The third-order valence-corrected chi connectivity index (χ3v) is 6.65. The molecule has 0 aliphatic heterocycles. The molecule has 0 spiro atoms. The molecule has 0 fully saturated rings. The predicted molar refractivity (Wildman–Crippen MR) is 139 cm³/mol. The van der Waals surface area contributed by atoms with Gasteiger partial charge in [0, 0.05) is 17.1 Å². The van der Waals surface area contributed by atoms with E-state index in [1.54, 1.807) is 12.3 Å². The van der Waals surface area contributed by atoms with Crippen LogP contribution in [0, 0.1) is 34.6 Å². The fraction of sp³-hybridized carbons (Fsp3) is 0.194. The van der Waals surface area contributed by atoms with Crippen LogP contribution in [0.2, 0.25) is 0 Å². The highest BCUT2D eigenvalue weighted by atomic mass is 19.4. The van der Waals surface area contributed by atoms with Crippen LogP contribution in [0.5, 0.6) is 0 Å². The van der Waals surface area contributed by atoms with Gasteiger partial charge in [-0.05, 0) is 103 Å². The van der Waals surface area contributed by atoms with Gasteiger partial charge < -0.3 is 0 Å². The Morgan fingerprint density at radius 3 is 1.89 bits per heavy atom. The maximum Gasteiger partial charge on any atom is 0.417 e. The quantitative estimate of drug-likeness (QED) is 0.235. The maximum absolute atomic E-state index is 14.4. The summed E-state index contributed by atoms with van der Waals surface area (Å²) in [5.74, 6) is 0. The molecule has 1 aromatic heterocycles. The molecule has 0 aliphatic carbocycles. The Morgan fingerprint density at radius 1 is 0.629 bits per heavy atom. The zero-order chi connectivity index (χ0) is 25.1. The fourth-order valence-corrected chi connectivity index (χ4v) is 5.43. The molecule has 4 aromatic carbocycles. The molecular formula is C31H26F3N. The van der Waals surface area contributed by atoms with Gasteiger partial charge in [-0.2, -0.15) is 13.2 Å². The Balaban J connectivity index is 1.84. The van der Waals surface area contributed by atoms with E-state index < -0.39 is 11.7 Å². The SMILES string of the molecule is Cc1cc(C)cc(-c2nccc3c2ccc2cc(-c4c(C)cc(C)cc4C)c(C(F)(F)F)cc23)c1. The Morgan fingerprint density at radius 2 is 1.26 bits per heavy atom. The van der Waals surface area contributed by atoms with Gasteiger partial charge in [-0.25, -0.2) is 0 Å². The van der Waals surface area contributed by atoms with Gasteiger partial charge >= 0.3 is 6.18 Å². The van der Waals surface area contributed by atoms with Gasteiger partial charge in [0.2, 0.25) is 0 Å². The molecule has 0 N–H and O–H groups in total. The van der Waals surface area contributed by atoms with Gasteiger partial charge in [0.05, 0.1) is 11.3 Å². The highest BCUT2D eigenvalue weighted by Gasteiger charge is 2.35. The second kappa shape index (κ2) is 8.23. The highest BCUT2D eigenvalue weighted by molar-refractivity contribution is 6.12. The van der Waals surface area contributed by atoms with Gasteiger partial charge in [-0.15, -0.1) is 0 Å². The van der Waals surface area contributed by atoms with Crippen molar-refractivity contribution in [3.8, 4) is 22.4 Å². The summed E-state index contributed by atoms with van der Waals surface area (Å²) in [6.07, 6.45) is -2.80. The topological polar surface area (TPSA) is 12.9 Å². The predicted octanol–water partition coefficient (Wildman–Crippen LogP) is 9.28. The van der Waals surface area contributed by atoms with E-state index in [0.29, 0.717) is 10.9 Å². The van der Waals surface area contributed by atoms with E-state index in [0.717, 1.165) is 55.2 Å². The average molecular weight is 470 g/mol. The second-order valence-electron chi connectivity index (χ2n) is 9.59. The smallest absolute Gasteiger partial charge is 0.256 e. The van der Waals surface area contributed by atoms with Crippen molar-refractivity contribution >= 4 is 21.5 Å². The Hall–Kier alpha value is -3.66. The van der Waals surface area contributed by atoms with Crippen LogP contribution in [0.3, 0.4) is 0 Å². The van der Waals surface area contributed by atoms with Crippen LogP contribution >= 0.6 is 0 Å². The maximum atomic E-state index is 14.4. The molecule has 5 rings (SSSR count). The molecule has 0 aliphatic rings. The second-order valence-corrected chi connectivity index (χ2v) is 9.59. The van der Waals surface area contributed by atoms with Crippen molar-refractivity contribution in [2.45, 2.75) is 40.8 Å². The van der Waals surface area contributed by atoms with Crippen molar-refractivity contribution in [1.82, 2.24) is 4.98 Å². The third-order valence-electron chi connectivity index (χ3n) is 6.65. The molecule has 176 valence electrons. The Labute approximate surface area is 203 Å². The number of hydrogen-bond donors (Lipinski definition) is 0. The van der Waals surface area contributed by atoms with Crippen LogP contribution in [0.4, 0.5) is 13.2 Å².